The normalized spacial score (nSPS) is 10.8. The van der Waals surface area contributed by atoms with Crippen molar-refractivity contribution in [2.45, 2.75) is 78.4 Å². The average molecular weight is 1010 g/mol. The van der Waals surface area contributed by atoms with Crippen molar-refractivity contribution in [1.29, 1.82) is 0 Å². The van der Waals surface area contributed by atoms with Gasteiger partial charge in [-0.25, -0.2) is 34.3 Å². The van der Waals surface area contributed by atoms with Gasteiger partial charge in [-0.15, -0.1) is 0 Å². The van der Waals surface area contributed by atoms with Gasteiger partial charge < -0.3 is 46.2 Å². The number of halogens is 1. The molecule has 0 radical (unpaired) electrons. The van der Waals surface area contributed by atoms with Gasteiger partial charge in [-0.2, -0.15) is 0 Å². The van der Waals surface area contributed by atoms with E-state index in [1.54, 1.807) is 81.7 Å². The van der Waals surface area contributed by atoms with Gasteiger partial charge in [0.05, 0.1) is 27.1 Å². The van der Waals surface area contributed by atoms with Crippen molar-refractivity contribution in [1.82, 2.24) is 19.9 Å². The van der Waals surface area contributed by atoms with Gasteiger partial charge in [-0.1, -0.05) is 0 Å². The van der Waals surface area contributed by atoms with Crippen LogP contribution in [0.4, 0.5) is 23.3 Å². The maximum atomic E-state index is 11.6. The Balaban J connectivity index is 0.000000477. The number of carboxylic acid groups (broad SMARTS) is 1. The second kappa shape index (κ2) is 30.4. The molecule has 2 amide bonds. The van der Waals surface area contributed by atoms with E-state index < -0.39 is 35.1 Å². The summed E-state index contributed by atoms with van der Waals surface area (Å²) in [6.45, 7) is 10.8. The summed E-state index contributed by atoms with van der Waals surface area (Å²) in [4.78, 5) is 93.9. The van der Waals surface area contributed by atoms with Crippen molar-refractivity contribution in [2.75, 3.05) is 36.3 Å². The lowest BCUT2D eigenvalue weighted by molar-refractivity contribution is -0.149. The second-order valence-corrected chi connectivity index (χ2v) is 16.4. The van der Waals surface area contributed by atoms with E-state index in [0.29, 0.717) is 34.4 Å². The highest BCUT2D eigenvalue weighted by atomic mass is 79.9. The largest absolute Gasteiger partial charge is 0.478 e. The molecule has 0 spiro atoms. The smallest absolute Gasteiger partial charge is 0.331 e. The zero-order chi connectivity index (χ0) is 51.3. The van der Waals surface area contributed by atoms with Crippen molar-refractivity contribution >= 4 is 99.1 Å². The third-order valence-electron chi connectivity index (χ3n) is 7.29. The fourth-order valence-corrected chi connectivity index (χ4v) is 4.51. The highest BCUT2D eigenvalue weighted by molar-refractivity contribution is 9.10. The van der Waals surface area contributed by atoms with Gasteiger partial charge in [0, 0.05) is 60.3 Å². The molecule has 0 aliphatic rings. The van der Waals surface area contributed by atoms with Crippen molar-refractivity contribution in [3.05, 3.63) is 113 Å². The first kappa shape index (κ1) is 58.2. The first-order valence-corrected chi connectivity index (χ1v) is 21.1. The van der Waals surface area contributed by atoms with Crippen LogP contribution in [0.1, 0.15) is 83.9 Å². The van der Waals surface area contributed by atoms with E-state index >= 15 is 0 Å². The van der Waals surface area contributed by atoms with Gasteiger partial charge in [-0.05, 0) is 141 Å². The van der Waals surface area contributed by atoms with E-state index in [9.17, 15) is 33.6 Å². The zero-order valence-electron chi connectivity index (χ0n) is 39.0. The molecule has 4 rings (SSSR count). The van der Waals surface area contributed by atoms with Gasteiger partial charge in [0.25, 0.3) is 0 Å². The van der Waals surface area contributed by atoms with E-state index in [-0.39, 0.29) is 43.5 Å². The summed E-state index contributed by atoms with van der Waals surface area (Å²) in [5.74, 6) is -1.75. The number of aromatic nitrogens is 4. The molecule has 0 bridgehead atoms. The molecule has 21 heteroatoms. The standard InChI is InChI=1S/C17H22N2O5.C13H14N2O5.C12H16N2O2.C5H5BrN2/c1-17(2,3)24-16(22)9-6-12-5-7-13(18-11-12)19-14(20)8-10-15(21)23-4;1-20-13(19)7-5-11(16)15-10-4-2-9(8-14-10)3-6-12(17)18;1-12(2,3)16-11(15)7-5-9-4-6-10(13)14-8-9;6-4-1-2-5(7)8-3-4/h5-7,9,11H,8,10H2,1-4H3,(H,18,19,20);2-4,6,8H,5,7H2,1H3,(H,17,18)(H,14,15,16);4-8H,1-3H3,(H2,13,14);1-3H,(H2,7,8)/b9-6+;6-3+;7-5+;. The number of rotatable bonds is 14. The minimum Gasteiger partial charge on any atom is -0.478 e. The SMILES string of the molecule is CC(C)(C)OC(=O)/C=C/c1ccc(N)nc1.COC(=O)CCC(=O)Nc1ccc(/C=C/C(=O)O)cn1.COC(=O)CCC(=O)Nc1ccc(/C=C/C(=O)OC(C)(C)C)cn1.Nc1ccc(Br)cn1. The maximum absolute atomic E-state index is 11.6. The van der Waals surface area contributed by atoms with Crippen LogP contribution in [0.2, 0.25) is 0 Å². The number of carboxylic acids is 1. The molecule has 20 nitrogen and oxygen atoms in total. The number of esters is 4. The topological polar surface area (TPSA) is 304 Å². The summed E-state index contributed by atoms with van der Waals surface area (Å²) in [6, 6.07) is 13.5. The summed E-state index contributed by atoms with van der Waals surface area (Å²) in [5, 5.41) is 13.6. The molecule has 0 fully saturated rings. The summed E-state index contributed by atoms with van der Waals surface area (Å²) in [7, 11) is 2.52. The molecule has 0 aliphatic carbocycles. The molecule has 0 aliphatic heterocycles. The van der Waals surface area contributed by atoms with E-state index in [2.05, 4.69) is 56.0 Å². The molecule has 0 saturated carbocycles. The maximum Gasteiger partial charge on any atom is 0.331 e. The van der Waals surface area contributed by atoms with Gasteiger partial charge >= 0.3 is 29.8 Å². The first-order chi connectivity index (χ1) is 31.9. The van der Waals surface area contributed by atoms with Crippen LogP contribution in [0, 0.1) is 0 Å². The number of nitrogens with one attached hydrogen (secondary N) is 2. The lowest BCUT2D eigenvalue weighted by Gasteiger charge is -2.17. The number of anilines is 4. The van der Waals surface area contributed by atoms with Crippen LogP contribution in [-0.2, 0) is 52.5 Å². The molecule has 0 atom stereocenters. The molecule has 4 aromatic heterocycles. The van der Waals surface area contributed by atoms with Crippen LogP contribution in [0.15, 0.2) is 96.0 Å². The Hall–Kier alpha value is -7.81. The Morgan fingerprint density at radius 2 is 0.926 bits per heavy atom. The quantitative estimate of drug-likeness (QED) is 0.0490. The second-order valence-electron chi connectivity index (χ2n) is 15.5. The molecule has 7 N–H and O–H groups in total. The summed E-state index contributed by atoms with van der Waals surface area (Å²) in [5.41, 5.74) is 11.8. The van der Waals surface area contributed by atoms with Crippen molar-refractivity contribution in [3.63, 3.8) is 0 Å². The molecule has 4 aromatic rings. The Morgan fingerprint density at radius 3 is 1.22 bits per heavy atom. The number of hydrogen-bond acceptors (Lipinski definition) is 17. The summed E-state index contributed by atoms with van der Waals surface area (Å²) >= 11 is 3.23. The number of carbonyl (C=O) groups is 7. The van der Waals surface area contributed by atoms with Crippen LogP contribution in [0.5, 0.6) is 0 Å². The van der Waals surface area contributed by atoms with E-state index in [4.69, 9.17) is 26.0 Å². The number of hydrogen-bond donors (Lipinski definition) is 5. The number of methoxy groups -OCH3 is 2. The summed E-state index contributed by atoms with van der Waals surface area (Å²) in [6.07, 6.45) is 14.5. The highest BCUT2D eigenvalue weighted by Crippen LogP contribution is 2.13. The van der Waals surface area contributed by atoms with Gasteiger partial charge in [0.15, 0.2) is 0 Å². The lowest BCUT2D eigenvalue weighted by atomic mass is 10.2. The van der Waals surface area contributed by atoms with Crippen molar-refractivity contribution in [3.8, 4) is 0 Å². The molecule has 364 valence electrons. The Bertz CT molecular complexity index is 2320. The van der Waals surface area contributed by atoms with E-state index in [1.165, 1.54) is 50.9 Å². The fraction of sp³-hybridized carbons (Fsp3) is 0.298. The molecular formula is C47H57BrN8O12. The number of carbonyl (C=O) groups excluding carboxylic acids is 6. The van der Waals surface area contributed by atoms with Crippen LogP contribution in [0.3, 0.4) is 0 Å². The number of ether oxygens (including phenoxy) is 4. The van der Waals surface area contributed by atoms with Gasteiger partial charge in [0.1, 0.15) is 34.5 Å². The van der Waals surface area contributed by atoms with Crippen molar-refractivity contribution in [2.24, 2.45) is 0 Å². The van der Waals surface area contributed by atoms with Crippen LogP contribution < -0.4 is 22.1 Å². The van der Waals surface area contributed by atoms with E-state index in [1.807, 2.05) is 26.8 Å². The summed E-state index contributed by atoms with van der Waals surface area (Å²) < 4.78 is 20.1. The number of amides is 2. The zero-order valence-corrected chi connectivity index (χ0v) is 40.6. The third-order valence-corrected chi connectivity index (χ3v) is 7.76. The van der Waals surface area contributed by atoms with E-state index in [0.717, 1.165) is 16.1 Å². The van der Waals surface area contributed by atoms with Crippen LogP contribution in [-0.4, -0.2) is 92.1 Å². The molecule has 68 heavy (non-hydrogen) atoms. The minimum atomic E-state index is -1.05. The Kier molecular flexibility index (Phi) is 26.0. The fourth-order valence-electron chi connectivity index (χ4n) is 4.27. The number of aliphatic carboxylic acids is 1. The monoisotopic (exact) mass is 1000 g/mol. The molecule has 0 unspecified atom stereocenters. The first-order valence-electron chi connectivity index (χ1n) is 20.3. The number of nitrogens with zero attached hydrogens (tertiary/aromatic N) is 4. The van der Waals surface area contributed by atoms with Crippen LogP contribution >= 0.6 is 15.9 Å². The van der Waals surface area contributed by atoms with Crippen LogP contribution in [0.25, 0.3) is 18.2 Å². The number of nitrogen functional groups attached to an aromatic ring is 2. The Morgan fingerprint density at radius 1 is 0.559 bits per heavy atom. The molecular weight excluding hydrogens is 948 g/mol. The third kappa shape index (κ3) is 30.3. The average Bonchev–Trinajstić information content (AvgIpc) is 3.27. The lowest BCUT2D eigenvalue weighted by Crippen LogP contribution is -2.22. The number of pyridine rings is 4. The predicted molar refractivity (Wildman–Crippen MR) is 260 cm³/mol. The van der Waals surface area contributed by atoms with Gasteiger partial charge in [0.2, 0.25) is 11.8 Å². The minimum absolute atomic E-state index is 0.00175. The molecule has 0 aromatic carbocycles. The van der Waals surface area contributed by atoms with Gasteiger partial charge in [-0.3, -0.25) is 19.2 Å². The number of nitrogens with two attached hydrogens (primary N) is 2. The predicted octanol–water partition coefficient (Wildman–Crippen LogP) is 6.84. The Labute approximate surface area is 402 Å². The van der Waals surface area contributed by atoms with Crippen molar-refractivity contribution < 1.29 is 57.6 Å². The molecule has 4 heterocycles. The highest BCUT2D eigenvalue weighted by Gasteiger charge is 2.15. The molecule has 0 saturated heterocycles.